The highest BCUT2D eigenvalue weighted by Gasteiger charge is 2.19. The maximum absolute atomic E-state index is 11.2. The van der Waals surface area contributed by atoms with Gasteiger partial charge in [0.1, 0.15) is 0 Å². The summed E-state index contributed by atoms with van der Waals surface area (Å²) in [5.74, 6) is -0.250. The summed E-state index contributed by atoms with van der Waals surface area (Å²) in [6.45, 7) is 7.95. The summed E-state index contributed by atoms with van der Waals surface area (Å²) >= 11 is 0. The highest BCUT2D eigenvalue weighted by Crippen LogP contribution is 2.09. The third kappa shape index (κ3) is 4.65. The van der Waals surface area contributed by atoms with Crippen LogP contribution in [0.4, 0.5) is 0 Å². The minimum atomic E-state index is -0.387. The van der Waals surface area contributed by atoms with Crippen molar-refractivity contribution in [3.05, 3.63) is 0 Å². The molecule has 0 aromatic rings. The van der Waals surface area contributed by atoms with Crippen molar-refractivity contribution in [3.8, 4) is 0 Å². The molecule has 0 aromatic carbocycles. The van der Waals surface area contributed by atoms with Gasteiger partial charge in [0.25, 0.3) is 0 Å². The first kappa shape index (κ1) is 12.1. The summed E-state index contributed by atoms with van der Waals surface area (Å²) in [6.07, 6.45) is 0.667. The van der Waals surface area contributed by atoms with E-state index in [4.69, 9.17) is 10.1 Å². The molecular formula is C10H19NO2. The molecule has 3 nitrogen and oxygen atoms in total. The molecule has 3 heteroatoms. The molecule has 76 valence electrons. The number of rotatable bonds is 5. The maximum Gasteiger partial charge on any atom is 0.314 e. The molecule has 1 N–H and O–H groups in total. The van der Waals surface area contributed by atoms with E-state index in [1.807, 2.05) is 13.8 Å². The molecule has 0 heterocycles. The Hall–Kier alpha value is -0.860. The van der Waals surface area contributed by atoms with E-state index in [9.17, 15) is 4.79 Å². The van der Waals surface area contributed by atoms with Crippen LogP contribution in [-0.4, -0.2) is 18.3 Å². The molecule has 0 aromatic heterocycles. The van der Waals surface area contributed by atoms with Gasteiger partial charge < -0.3 is 10.1 Å². The van der Waals surface area contributed by atoms with Crippen molar-refractivity contribution in [3.63, 3.8) is 0 Å². The van der Waals surface area contributed by atoms with E-state index in [0.717, 1.165) is 0 Å². The Kier molecular flexibility index (Phi) is 5.35. The van der Waals surface area contributed by atoms with E-state index in [0.29, 0.717) is 24.7 Å². The van der Waals surface area contributed by atoms with Crippen molar-refractivity contribution >= 4 is 11.7 Å². The molecule has 0 aliphatic heterocycles. The predicted molar refractivity (Wildman–Crippen MR) is 53.0 cm³/mol. The van der Waals surface area contributed by atoms with E-state index in [1.165, 1.54) is 0 Å². The quantitative estimate of drug-likeness (QED) is 0.527. The Labute approximate surface area is 80.0 Å². The fourth-order valence-corrected chi connectivity index (χ4v) is 1.03. The number of nitrogens with one attached hydrogen (secondary N) is 1. The Morgan fingerprint density at radius 1 is 1.38 bits per heavy atom. The van der Waals surface area contributed by atoms with Crippen molar-refractivity contribution in [1.29, 1.82) is 5.41 Å². The summed E-state index contributed by atoms with van der Waals surface area (Å²) in [6, 6.07) is 0. The monoisotopic (exact) mass is 185 g/mol. The standard InChI is InChI=1S/C10H19NO2/c1-5-13-10(12)8(4)9(11)6-7(2)3/h7-8,11H,5-6H2,1-4H3. The third-order valence-corrected chi connectivity index (χ3v) is 1.79. The van der Waals surface area contributed by atoms with Gasteiger partial charge in [-0.3, -0.25) is 4.79 Å². The fourth-order valence-electron chi connectivity index (χ4n) is 1.03. The topological polar surface area (TPSA) is 50.2 Å². The Morgan fingerprint density at radius 2 is 1.92 bits per heavy atom. The largest absolute Gasteiger partial charge is 0.465 e. The van der Waals surface area contributed by atoms with Crippen molar-refractivity contribution < 1.29 is 9.53 Å². The maximum atomic E-state index is 11.2. The lowest BCUT2D eigenvalue weighted by Crippen LogP contribution is -2.23. The molecule has 0 spiro atoms. The van der Waals surface area contributed by atoms with Crippen LogP contribution in [0.25, 0.3) is 0 Å². The summed E-state index contributed by atoms with van der Waals surface area (Å²) in [5, 5.41) is 7.63. The summed E-state index contributed by atoms with van der Waals surface area (Å²) in [4.78, 5) is 11.2. The van der Waals surface area contributed by atoms with Gasteiger partial charge in [-0.15, -0.1) is 0 Å². The molecule has 0 saturated carbocycles. The first-order chi connectivity index (χ1) is 5.99. The molecule has 1 unspecified atom stereocenters. The second kappa shape index (κ2) is 5.73. The summed E-state index contributed by atoms with van der Waals surface area (Å²) in [5.41, 5.74) is 0.466. The number of esters is 1. The lowest BCUT2D eigenvalue weighted by Gasteiger charge is -2.13. The molecule has 0 bridgehead atoms. The number of carbonyl (C=O) groups is 1. The van der Waals surface area contributed by atoms with Crippen molar-refractivity contribution in [2.24, 2.45) is 11.8 Å². The molecule has 1 atom stereocenters. The van der Waals surface area contributed by atoms with Gasteiger partial charge in [0, 0.05) is 5.71 Å². The van der Waals surface area contributed by atoms with E-state index in [-0.39, 0.29) is 11.9 Å². The Balaban J connectivity index is 4.01. The van der Waals surface area contributed by atoms with Gasteiger partial charge in [0.15, 0.2) is 0 Å². The zero-order valence-corrected chi connectivity index (χ0v) is 8.89. The lowest BCUT2D eigenvalue weighted by molar-refractivity contribution is -0.145. The molecule has 0 fully saturated rings. The smallest absolute Gasteiger partial charge is 0.314 e. The molecule has 0 aliphatic rings. The SMILES string of the molecule is CCOC(=O)C(C)C(=N)CC(C)C. The average Bonchev–Trinajstić information content (AvgIpc) is 2.02. The van der Waals surface area contributed by atoms with Gasteiger partial charge in [0.2, 0.25) is 0 Å². The van der Waals surface area contributed by atoms with Gasteiger partial charge in [-0.25, -0.2) is 0 Å². The van der Waals surface area contributed by atoms with E-state index >= 15 is 0 Å². The summed E-state index contributed by atoms with van der Waals surface area (Å²) in [7, 11) is 0. The van der Waals surface area contributed by atoms with Gasteiger partial charge >= 0.3 is 5.97 Å². The van der Waals surface area contributed by atoms with Crippen LogP contribution in [0.15, 0.2) is 0 Å². The van der Waals surface area contributed by atoms with E-state index in [1.54, 1.807) is 13.8 Å². The zero-order valence-electron chi connectivity index (χ0n) is 8.89. The van der Waals surface area contributed by atoms with Crippen molar-refractivity contribution in [2.45, 2.75) is 34.1 Å². The van der Waals surface area contributed by atoms with Crippen LogP contribution in [-0.2, 0) is 9.53 Å². The zero-order chi connectivity index (χ0) is 10.4. The third-order valence-electron chi connectivity index (χ3n) is 1.79. The number of ether oxygens (including phenoxy) is 1. The molecule has 0 radical (unpaired) electrons. The van der Waals surface area contributed by atoms with Crippen LogP contribution in [0, 0.1) is 17.2 Å². The van der Waals surface area contributed by atoms with Crippen LogP contribution in [0.2, 0.25) is 0 Å². The van der Waals surface area contributed by atoms with E-state index in [2.05, 4.69) is 0 Å². The van der Waals surface area contributed by atoms with Crippen LogP contribution in [0.5, 0.6) is 0 Å². The Morgan fingerprint density at radius 3 is 2.31 bits per heavy atom. The van der Waals surface area contributed by atoms with Gasteiger partial charge in [0.05, 0.1) is 12.5 Å². The average molecular weight is 185 g/mol. The Bertz CT molecular complexity index is 187. The fraction of sp³-hybridized carbons (Fsp3) is 0.800. The van der Waals surface area contributed by atoms with Crippen molar-refractivity contribution in [1.82, 2.24) is 0 Å². The molecule has 0 rings (SSSR count). The second-order valence-corrected chi connectivity index (χ2v) is 3.60. The first-order valence-corrected chi connectivity index (χ1v) is 4.73. The normalized spacial score (nSPS) is 12.7. The predicted octanol–water partition coefficient (Wildman–Crippen LogP) is 2.25. The minimum absolute atomic E-state index is 0.284. The van der Waals surface area contributed by atoms with Gasteiger partial charge in [-0.1, -0.05) is 13.8 Å². The number of hydrogen-bond acceptors (Lipinski definition) is 3. The molecule has 0 amide bonds. The van der Waals surface area contributed by atoms with Crippen LogP contribution in [0.1, 0.15) is 34.1 Å². The summed E-state index contributed by atoms with van der Waals surface area (Å²) < 4.78 is 4.83. The number of carbonyl (C=O) groups excluding carboxylic acids is 1. The molecule has 13 heavy (non-hydrogen) atoms. The molecule has 0 saturated heterocycles. The highest BCUT2D eigenvalue weighted by atomic mass is 16.5. The molecule has 0 aliphatic carbocycles. The number of hydrogen-bond donors (Lipinski definition) is 1. The van der Waals surface area contributed by atoms with Crippen molar-refractivity contribution in [2.75, 3.05) is 6.61 Å². The highest BCUT2D eigenvalue weighted by molar-refractivity contribution is 6.00. The molecular weight excluding hydrogens is 166 g/mol. The van der Waals surface area contributed by atoms with Gasteiger partial charge in [-0.05, 0) is 26.2 Å². The van der Waals surface area contributed by atoms with E-state index < -0.39 is 0 Å². The van der Waals surface area contributed by atoms with Crippen LogP contribution >= 0.6 is 0 Å². The lowest BCUT2D eigenvalue weighted by atomic mass is 9.97. The van der Waals surface area contributed by atoms with Crippen LogP contribution < -0.4 is 0 Å². The van der Waals surface area contributed by atoms with Gasteiger partial charge in [-0.2, -0.15) is 0 Å². The first-order valence-electron chi connectivity index (χ1n) is 4.73. The minimum Gasteiger partial charge on any atom is -0.465 e. The second-order valence-electron chi connectivity index (χ2n) is 3.60. The van der Waals surface area contributed by atoms with Crippen LogP contribution in [0.3, 0.4) is 0 Å².